The molecular formula is C22H32N4O6. The average Bonchev–Trinajstić information content (AvgIpc) is 2.67. The summed E-state index contributed by atoms with van der Waals surface area (Å²) in [4.78, 5) is 37.1. The zero-order chi connectivity index (χ0) is 24.0. The second-order valence-electron chi connectivity index (χ2n) is 9.46. The number of carbonyl (C=O) groups excluding carboxylic acids is 2. The monoisotopic (exact) mass is 448 g/mol. The Balaban J connectivity index is 2.02. The third-order valence-corrected chi connectivity index (χ3v) is 7.24. The second-order valence-corrected chi connectivity index (χ2v) is 9.46. The zero-order valence-electron chi connectivity index (χ0n) is 18.6. The number of nitrogens with two attached hydrogens (primary N) is 2. The SMILES string of the molecule is CN(C)[C@@H]1Cc2ccc(C(N)=O)c(O)c2C2(C)C[C@H](NC(=O)C[C@@H](N)C(=O)O)CC[C@@]12O. The molecule has 176 valence electrons. The van der Waals surface area contributed by atoms with Crippen LogP contribution in [0.15, 0.2) is 12.1 Å². The van der Waals surface area contributed by atoms with Crippen LogP contribution in [0.25, 0.3) is 0 Å². The van der Waals surface area contributed by atoms with Gasteiger partial charge >= 0.3 is 5.97 Å². The van der Waals surface area contributed by atoms with Crippen molar-refractivity contribution in [1.82, 2.24) is 10.2 Å². The zero-order valence-corrected chi connectivity index (χ0v) is 18.6. The molecule has 0 aliphatic heterocycles. The van der Waals surface area contributed by atoms with Crippen molar-refractivity contribution in [2.45, 2.75) is 68.2 Å². The van der Waals surface area contributed by atoms with E-state index in [1.54, 1.807) is 6.07 Å². The van der Waals surface area contributed by atoms with Gasteiger partial charge in [0.15, 0.2) is 0 Å². The molecule has 1 aromatic carbocycles. The number of primary amides is 1. The quantitative estimate of drug-likeness (QED) is 0.335. The first-order chi connectivity index (χ1) is 14.8. The molecule has 10 heteroatoms. The number of hydrogen-bond acceptors (Lipinski definition) is 7. The highest BCUT2D eigenvalue weighted by Crippen LogP contribution is 2.56. The number of carboxylic acid groups (broad SMARTS) is 1. The molecule has 10 nitrogen and oxygen atoms in total. The molecule has 2 aliphatic carbocycles. The van der Waals surface area contributed by atoms with E-state index >= 15 is 0 Å². The molecule has 3 rings (SSSR count). The highest BCUT2D eigenvalue weighted by Gasteiger charge is 2.60. The van der Waals surface area contributed by atoms with Crippen LogP contribution in [0.3, 0.4) is 0 Å². The van der Waals surface area contributed by atoms with E-state index in [4.69, 9.17) is 16.6 Å². The van der Waals surface area contributed by atoms with E-state index in [1.165, 1.54) is 6.07 Å². The molecule has 1 unspecified atom stereocenters. The van der Waals surface area contributed by atoms with Gasteiger partial charge in [-0.3, -0.25) is 14.4 Å². The smallest absolute Gasteiger partial charge is 0.321 e. The topological polar surface area (TPSA) is 179 Å². The lowest BCUT2D eigenvalue weighted by molar-refractivity contribution is -0.141. The Morgan fingerprint density at radius 3 is 2.53 bits per heavy atom. The third-order valence-electron chi connectivity index (χ3n) is 7.24. The summed E-state index contributed by atoms with van der Waals surface area (Å²) in [5, 5.41) is 34.8. The normalized spacial score (nSPS) is 30.2. The summed E-state index contributed by atoms with van der Waals surface area (Å²) in [6.45, 7) is 1.83. The molecule has 0 spiro atoms. The summed E-state index contributed by atoms with van der Waals surface area (Å²) in [5.41, 5.74) is 9.93. The fourth-order valence-corrected chi connectivity index (χ4v) is 5.60. The van der Waals surface area contributed by atoms with Crippen LogP contribution in [-0.4, -0.2) is 75.8 Å². The predicted octanol–water partition coefficient (Wildman–Crippen LogP) is -0.563. The molecule has 1 saturated carbocycles. The number of nitrogens with zero attached hydrogens (tertiary/aromatic N) is 1. The summed E-state index contributed by atoms with van der Waals surface area (Å²) < 4.78 is 0. The van der Waals surface area contributed by atoms with E-state index in [0.717, 1.165) is 5.56 Å². The van der Waals surface area contributed by atoms with Crippen molar-refractivity contribution >= 4 is 17.8 Å². The van der Waals surface area contributed by atoms with Gasteiger partial charge in [0, 0.05) is 23.1 Å². The van der Waals surface area contributed by atoms with Crippen LogP contribution in [0, 0.1) is 0 Å². The second kappa shape index (κ2) is 8.34. The number of benzene rings is 1. The molecule has 5 atom stereocenters. The van der Waals surface area contributed by atoms with Crippen LogP contribution in [0.2, 0.25) is 0 Å². The summed E-state index contributed by atoms with van der Waals surface area (Å²) in [6.07, 6.45) is 1.20. The predicted molar refractivity (Wildman–Crippen MR) is 116 cm³/mol. The molecular weight excluding hydrogens is 416 g/mol. The van der Waals surface area contributed by atoms with E-state index in [0.29, 0.717) is 24.8 Å². The Morgan fingerprint density at radius 1 is 1.31 bits per heavy atom. The van der Waals surface area contributed by atoms with Gasteiger partial charge in [0.2, 0.25) is 5.91 Å². The lowest BCUT2D eigenvalue weighted by Crippen LogP contribution is -2.68. The van der Waals surface area contributed by atoms with Gasteiger partial charge < -0.3 is 37.0 Å². The molecule has 0 radical (unpaired) electrons. The van der Waals surface area contributed by atoms with Crippen molar-refractivity contribution in [2.75, 3.05) is 14.1 Å². The van der Waals surface area contributed by atoms with Crippen LogP contribution in [-0.2, 0) is 21.4 Å². The minimum absolute atomic E-state index is 0.0192. The van der Waals surface area contributed by atoms with E-state index < -0.39 is 34.8 Å². The first kappa shape index (κ1) is 24.0. The van der Waals surface area contributed by atoms with Crippen LogP contribution < -0.4 is 16.8 Å². The van der Waals surface area contributed by atoms with Gasteiger partial charge in [0.25, 0.3) is 5.91 Å². The number of carboxylic acids is 1. The van der Waals surface area contributed by atoms with Gasteiger partial charge in [0.1, 0.15) is 11.8 Å². The lowest BCUT2D eigenvalue weighted by atomic mass is 9.52. The van der Waals surface area contributed by atoms with E-state index in [2.05, 4.69) is 5.32 Å². The highest BCUT2D eigenvalue weighted by molar-refractivity contribution is 5.96. The lowest BCUT2D eigenvalue weighted by Gasteiger charge is -2.59. The van der Waals surface area contributed by atoms with E-state index in [-0.39, 0.29) is 36.2 Å². The Morgan fingerprint density at radius 2 is 1.97 bits per heavy atom. The summed E-state index contributed by atoms with van der Waals surface area (Å²) in [7, 11) is 3.76. The maximum absolute atomic E-state index is 12.4. The number of fused-ring (bicyclic) bond motifs is 3. The molecule has 32 heavy (non-hydrogen) atoms. The van der Waals surface area contributed by atoms with E-state index in [9.17, 15) is 24.6 Å². The largest absolute Gasteiger partial charge is 0.507 e. The van der Waals surface area contributed by atoms with Gasteiger partial charge in [0.05, 0.1) is 17.6 Å². The summed E-state index contributed by atoms with van der Waals surface area (Å²) >= 11 is 0. The van der Waals surface area contributed by atoms with E-state index in [1.807, 2.05) is 25.9 Å². The Bertz CT molecular complexity index is 951. The number of hydrogen-bond donors (Lipinski definition) is 6. The number of nitrogens with one attached hydrogen (secondary N) is 1. The molecule has 1 aromatic rings. The van der Waals surface area contributed by atoms with Crippen LogP contribution >= 0.6 is 0 Å². The number of amides is 2. The fraction of sp³-hybridized carbons (Fsp3) is 0.591. The van der Waals surface area contributed by atoms with Gasteiger partial charge in [-0.15, -0.1) is 0 Å². The maximum Gasteiger partial charge on any atom is 0.321 e. The van der Waals surface area contributed by atoms with Crippen molar-refractivity contribution in [2.24, 2.45) is 11.5 Å². The van der Waals surface area contributed by atoms with Gasteiger partial charge in [-0.1, -0.05) is 13.0 Å². The molecule has 0 bridgehead atoms. The molecule has 0 aromatic heterocycles. The maximum atomic E-state index is 12.4. The number of aliphatic carboxylic acids is 1. The molecule has 1 fully saturated rings. The van der Waals surface area contributed by atoms with Crippen molar-refractivity contribution in [3.05, 3.63) is 28.8 Å². The number of aliphatic hydroxyl groups is 1. The minimum Gasteiger partial charge on any atom is -0.507 e. The molecule has 0 heterocycles. The standard InChI is InChI=1S/C22H32N4O6/c1-21-10-12(25-16(27)9-14(23)20(30)31)6-7-22(21,32)15(26(2)3)8-11-4-5-13(19(24)29)18(28)17(11)21/h4-5,12,14-15,28,32H,6-10,23H2,1-3H3,(H2,24,29)(H,25,27)(H,30,31)/t12-,14-,15-,21?,22-/m1/s1. The van der Waals surface area contributed by atoms with Crippen LogP contribution in [0.5, 0.6) is 5.75 Å². The summed E-state index contributed by atoms with van der Waals surface area (Å²) in [6, 6.07) is 1.31. The van der Waals surface area contributed by atoms with Gasteiger partial charge in [-0.05, 0) is 51.4 Å². The van der Waals surface area contributed by atoms with Gasteiger partial charge in [-0.2, -0.15) is 0 Å². The molecule has 2 amide bonds. The van der Waals surface area contributed by atoms with Crippen molar-refractivity contribution < 1.29 is 29.7 Å². The van der Waals surface area contributed by atoms with Crippen LogP contribution in [0.1, 0.15) is 54.1 Å². The minimum atomic E-state index is -1.30. The van der Waals surface area contributed by atoms with Crippen molar-refractivity contribution in [1.29, 1.82) is 0 Å². The number of aromatic hydroxyl groups is 1. The Kier molecular flexibility index (Phi) is 6.25. The first-order valence-corrected chi connectivity index (χ1v) is 10.6. The molecule has 8 N–H and O–H groups in total. The number of phenols is 1. The molecule has 0 saturated heterocycles. The van der Waals surface area contributed by atoms with Crippen molar-refractivity contribution in [3.8, 4) is 5.75 Å². The fourth-order valence-electron chi connectivity index (χ4n) is 5.60. The van der Waals surface area contributed by atoms with Gasteiger partial charge in [-0.25, -0.2) is 0 Å². The number of likely N-dealkylation sites (N-methyl/N-ethyl adjacent to an activating group) is 1. The number of rotatable bonds is 6. The summed E-state index contributed by atoms with van der Waals surface area (Å²) in [5.74, 6) is -2.76. The Hall–Kier alpha value is -2.69. The van der Waals surface area contributed by atoms with Crippen molar-refractivity contribution in [3.63, 3.8) is 0 Å². The first-order valence-electron chi connectivity index (χ1n) is 10.6. The third kappa shape index (κ3) is 3.82. The molecule has 2 aliphatic rings. The number of carbonyl (C=O) groups is 3. The highest BCUT2D eigenvalue weighted by atomic mass is 16.4. The average molecular weight is 449 g/mol. The Labute approximate surface area is 186 Å². The van der Waals surface area contributed by atoms with Crippen LogP contribution in [0.4, 0.5) is 0 Å².